The van der Waals surface area contributed by atoms with Crippen LogP contribution in [-0.2, 0) is 14.3 Å². The SMILES string of the molecule is CCOc1cc(C2C(=C(O)c3ccccc3)C(=O)C(=O)N2CCN2CCOCC2)ccc1O. The molecule has 1 atom stereocenters. The minimum Gasteiger partial charge on any atom is -0.507 e. The number of hydrogen-bond acceptors (Lipinski definition) is 7. The van der Waals surface area contributed by atoms with Crippen molar-refractivity contribution >= 4 is 17.4 Å². The van der Waals surface area contributed by atoms with E-state index in [2.05, 4.69) is 4.90 Å². The van der Waals surface area contributed by atoms with Crippen LogP contribution < -0.4 is 4.74 Å². The van der Waals surface area contributed by atoms with Crippen LogP contribution in [0, 0.1) is 0 Å². The third-order valence-corrected chi connectivity index (χ3v) is 5.95. The number of phenolic OH excluding ortho intramolecular Hbond substituents is 1. The number of rotatable bonds is 7. The average Bonchev–Trinajstić information content (AvgIpc) is 3.10. The van der Waals surface area contributed by atoms with Gasteiger partial charge in [0, 0.05) is 31.7 Å². The number of benzene rings is 2. The van der Waals surface area contributed by atoms with Gasteiger partial charge in [-0.15, -0.1) is 0 Å². The second kappa shape index (κ2) is 10.1. The molecule has 1 unspecified atom stereocenters. The van der Waals surface area contributed by atoms with E-state index >= 15 is 0 Å². The lowest BCUT2D eigenvalue weighted by atomic mass is 9.95. The van der Waals surface area contributed by atoms with Gasteiger partial charge in [0.05, 0.1) is 31.4 Å². The Balaban J connectivity index is 1.76. The van der Waals surface area contributed by atoms with E-state index in [0.717, 1.165) is 13.1 Å². The van der Waals surface area contributed by atoms with Gasteiger partial charge in [-0.25, -0.2) is 0 Å². The molecule has 0 aliphatic carbocycles. The Morgan fingerprint density at radius 1 is 1.09 bits per heavy atom. The number of amides is 1. The third kappa shape index (κ3) is 4.72. The molecule has 4 rings (SSSR count). The quantitative estimate of drug-likeness (QED) is 0.378. The molecule has 0 bridgehead atoms. The molecule has 8 heteroatoms. The average molecular weight is 453 g/mol. The van der Waals surface area contributed by atoms with Gasteiger partial charge >= 0.3 is 0 Å². The summed E-state index contributed by atoms with van der Waals surface area (Å²) in [6.45, 7) is 5.81. The van der Waals surface area contributed by atoms with Crippen LogP contribution in [0.5, 0.6) is 11.5 Å². The molecule has 2 aliphatic rings. The number of hydrogen-bond donors (Lipinski definition) is 2. The van der Waals surface area contributed by atoms with Gasteiger partial charge in [-0.1, -0.05) is 36.4 Å². The topological polar surface area (TPSA) is 99.5 Å². The lowest BCUT2D eigenvalue weighted by molar-refractivity contribution is -0.140. The van der Waals surface area contributed by atoms with Gasteiger partial charge in [0.1, 0.15) is 5.76 Å². The van der Waals surface area contributed by atoms with Crippen molar-refractivity contribution in [2.75, 3.05) is 46.0 Å². The highest BCUT2D eigenvalue weighted by atomic mass is 16.5. The molecule has 0 radical (unpaired) electrons. The summed E-state index contributed by atoms with van der Waals surface area (Å²) in [4.78, 5) is 29.9. The molecule has 33 heavy (non-hydrogen) atoms. The molecular weight excluding hydrogens is 424 g/mol. The molecule has 8 nitrogen and oxygen atoms in total. The fourth-order valence-electron chi connectivity index (χ4n) is 4.25. The highest BCUT2D eigenvalue weighted by Gasteiger charge is 2.46. The Kier molecular flexibility index (Phi) is 6.96. The van der Waals surface area contributed by atoms with E-state index in [1.165, 1.54) is 11.0 Å². The van der Waals surface area contributed by atoms with Crippen LogP contribution in [0.25, 0.3) is 5.76 Å². The Morgan fingerprint density at radius 2 is 1.82 bits per heavy atom. The number of aromatic hydroxyl groups is 1. The first-order chi connectivity index (χ1) is 16.0. The fourth-order valence-corrected chi connectivity index (χ4v) is 4.25. The van der Waals surface area contributed by atoms with Crippen LogP contribution in [-0.4, -0.2) is 77.7 Å². The Morgan fingerprint density at radius 3 is 2.52 bits per heavy atom. The van der Waals surface area contributed by atoms with E-state index in [9.17, 15) is 19.8 Å². The molecule has 0 saturated carbocycles. The first-order valence-corrected chi connectivity index (χ1v) is 11.1. The van der Waals surface area contributed by atoms with Crippen LogP contribution in [0.2, 0.25) is 0 Å². The summed E-state index contributed by atoms with van der Waals surface area (Å²) in [6.07, 6.45) is 0. The molecule has 2 N–H and O–H groups in total. The number of ketones is 1. The molecule has 0 aromatic heterocycles. The molecule has 2 aromatic carbocycles. The number of carbonyl (C=O) groups excluding carboxylic acids is 2. The van der Waals surface area contributed by atoms with Crippen LogP contribution in [0.1, 0.15) is 24.1 Å². The minimum absolute atomic E-state index is 0.0290. The first kappa shape index (κ1) is 22.8. The Hall–Kier alpha value is -3.36. The summed E-state index contributed by atoms with van der Waals surface area (Å²) in [5, 5.41) is 21.2. The van der Waals surface area contributed by atoms with Gasteiger partial charge in [-0.05, 0) is 24.6 Å². The molecule has 2 aromatic rings. The number of likely N-dealkylation sites (tertiary alicyclic amines) is 1. The number of ether oxygens (including phenoxy) is 2. The minimum atomic E-state index is -0.800. The second-order valence-corrected chi connectivity index (χ2v) is 7.97. The summed E-state index contributed by atoms with van der Waals surface area (Å²) in [6, 6.07) is 12.6. The number of Topliss-reactive ketones (excluding diaryl/α,β-unsaturated/α-hetero) is 1. The van der Waals surface area contributed by atoms with Crippen molar-refractivity contribution in [2.45, 2.75) is 13.0 Å². The smallest absolute Gasteiger partial charge is 0.295 e. The van der Waals surface area contributed by atoms with Gasteiger partial charge in [-0.2, -0.15) is 0 Å². The molecule has 2 saturated heterocycles. The van der Waals surface area contributed by atoms with Gasteiger partial charge in [0.25, 0.3) is 11.7 Å². The standard InChI is InChI=1S/C25H28N2O6/c1-2-33-20-16-18(8-9-19(20)28)22-21(23(29)17-6-4-3-5-7-17)24(30)25(31)27(22)11-10-26-12-14-32-15-13-26/h3-9,16,22,28-29H,2,10-15H2,1H3. The lowest BCUT2D eigenvalue weighted by Gasteiger charge is -2.31. The van der Waals surface area contributed by atoms with Crippen LogP contribution >= 0.6 is 0 Å². The maximum atomic E-state index is 13.1. The predicted octanol–water partition coefficient (Wildman–Crippen LogP) is 2.54. The zero-order valence-electron chi connectivity index (χ0n) is 18.6. The summed E-state index contributed by atoms with van der Waals surface area (Å²) >= 11 is 0. The van der Waals surface area contributed by atoms with E-state index in [0.29, 0.717) is 44.0 Å². The summed E-state index contributed by atoms with van der Waals surface area (Å²) in [7, 11) is 0. The van der Waals surface area contributed by atoms with Crippen molar-refractivity contribution in [1.82, 2.24) is 9.80 Å². The van der Waals surface area contributed by atoms with Crippen LogP contribution in [0.15, 0.2) is 54.1 Å². The number of aliphatic hydroxyl groups excluding tert-OH is 1. The maximum absolute atomic E-state index is 13.1. The number of aliphatic hydroxyl groups is 1. The van der Waals surface area contributed by atoms with Crippen LogP contribution in [0.3, 0.4) is 0 Å². The van der Waals surface area contributed by atoms with Crippen molar-refractivity contribution in [3.8, 4) is 11.5 Å². The zero-order chi connectivity index (χ0) is 23.4. The largest absolute Gasteiger partial charge is 0.507 e. The first-order valence-electron chi connectivity index (χ1n) is 11.1. The predicted molar refractivity (Wildman–Crippen MR) is 122 cm³/mol. The van der Waals surface area contributed by atoms with Gasteiger partial charge < -0.3 is 24.6 Å². The fraction of sp³-hybridized carbons (Fsp3) is 0.360. The summed E-state index contributed by atoms with van der Waals surface area (Å²) in [5.41, 5.74) is 1.06. The van der Waals surface area contributed by atoms with Crippen molar-refractivity contribution in [3.05, 3.63) is 65.2 Å². The maximum Gasteiger partial charge on any atom is 0.295 e. The van der Waals surface area contributed by atoms with Gasteiger partial charge in [-0.3, -0.25) is 14.5 Å². The molecule has 2 aliphatic heterocycles. The van der Waals surface area contributed by atoms with Crippen LogP contribution in [0.4, 0.5) is 0 Å². The van der Waals surface area contributed by atoms with Crippen molar-refractivity contribution < 1.29 is 29.3 Å². The monoisotopic (exact) mass is 452 g/mol. The summed E-state index contributed by atoms with van der Waals surface area (Å²) in [5.74, 6) is -1.38. The number of morpholine rings is 1. The van der Waals surface area contributed by atoms with E-state index in [4.69, 9.17) is 9.47 Å². The van der Waals surface area contributed by atoms with E-state index < -0.39 is 17.7 Å². The van der Waals surface area contributed by atoms with Gasteiger partial charge in [0.15, 0.2) is 11.5 Å². The lowest BCUT2D eigenvalue weighted by Crippen LogP contribution is -2.42. The second-order valence-electron chi connectivity index (χ2n) is 7.97. The third-order valence-electron chi connectivity index (χ3n) is 5.95. The molecule has 2 heterocycles. The Labute approximate surface area is 192 Å². The van der Waals surface area contributed by atoms with Crippen molar-refractivity contribution in [2.24, 2.45) is 0 Å². The van der Waals surface area contributed by atoms with E-state index in [-0.39, 0.29) is 22.8 Å². The molecule has 1 amide bonds. The highest BCUT2D eigenvalue weighted by molar-refractivity contribution is 6.46. The normalized spacial score (nSPS) is 20.9. The number of carbonyl (C=O) groups is 2. The van der Waals surface area contributed by atoms with E-state index in [1.807, 2.05) is 6.07 Å². The van der Waals surface area contributed by atoms with Gasteiger partial charge in [0.2, 0.25) is 0 Å². The molecular formula is C25H28N2O6. The summed E-state index contributed by atoms with van der Waals surface area (Å²) < 4.78 is 10.9. The highest BCUT2D eigenvalue weighted by Crippen LogP contribution is 2.41. The molecule has 2 fully saturated rings. The molecule has 174 valence electrons. The Bertz CT molecular complexity index is 1050. The number of phenols is 1. The van der Waals surface area contributed by atoms with Crippen molar-refractivity contribution in [1.29, 1.82) is 0 Å². The van der Waals surface area contributed by atoms with E-state index in [1.54, 1.807) is 43.3 Å². The zero-order valence-corrected chi connectivity index (χ0v) is 18.6. The van der Waals surface area contributed by atoms with Crippen molar-refractivity contribution in [3.63, 3.8) is 0 Å². The number of nitrogens with zero attached hydrogens (tertiary/aromatic N) is 2. The molecule has 0 spiro atoms.